The number of hydrogen-bond acceptors (Lipinski definition) is 6. The lowest BCUT2D eigenvalue weighted by Gasteiger charge is -2.09. The van der Waals surface area contributed by atoms with Crippen LogP contribution in [0.25, 0.3) is 11.0 Å². The Labute approximate surface area is 141 Å². The SMILES string of the molecule is COC(=O)c1cc2[nH]cnc2cc1NC(=O)c1nc(C(F)(F)F)cs1. The Bertz CT molecular complexity index is 964. The van der Waals surface area contributed by atoms with Gasteiger partial charge < -0.3 is 15.0 Å². The van der Waals surface area contributed by atoms with Crippen LogP contribution < -0.4 is 5.32 Å². The maximum absolute atomic E-state index is 12.6. The van der Waals surface area contributed by atoms with Crippen molar-refractivity contribution in [3.8, 4) is 0 Å². The molecule has 0 unspecified atom stereocenters. The lowest BCUT2D eigenvalue weighted by atomic mass is 10.1. The largest absolute Gasteiger partial charge is 0.465 e. The smallest absolute Gasteiger partial charge is 0.434 e. The van der Waals surface area contributed by atoms with Crippen LogP contribution in [0.15, 0.2) is 23.8 Å². The van der Waals surface area contributed by atoms with Gasteiger partial charge in [0.1, 0.15) is 0 Å². The van der Waals surface area contributed by atoms with Crippen LogP contribution in [0.3, 0.4) is 0 Å². The average Bonchev–Trinajstić information content (AvgIpc) is 3.21. The van der Waals surface area contributed by atoms with Crippen molar-refractivity contribution in [2.24, 2.45) is 0 Å². The maximum atomic E-state index is 12.6. The molecule has 0 aliphatic heterocycles. The van der Waals surface area contributed by atoms with E-state index in [1.54, 1.807) is 0 Å². The van der Waals surface area contributed by atoms with Crippen LogP contribution >= 0.6 is 11.3 Å². The molecule has 3 rings (SSSR count). The van der Waals surface area contributed by atoms with Crippen LogP contribution in [0.4, 0.5) is 18.9 Å². The highest BCUT2D eigenvalue weighted by atomic mass is 32.1. The van der Waals surface area contributed by atoms with Crippen molar-refractivity contribution in [3.63, 3.8) is 0 Å². The van der Waals surface area contributed by atoms with Gasteiger partial charge in [-0.15, -0.1) is 11.3 Å². The molecule has 7 nitrogen and oxygen atoms in total. The first-order chi connectivity index (χ1) is 11.8. The zero-order chi connectivity index (χ0) is 18.2. The van der Waals surface area contributed by atoms with Gasteiger partial charge in [-0.25, -0.2) is 14.8 Å². The molecule has 0 fully saturated rings. The van der Waals surface area contributed by atoms with Crippen molar-refractivity contribution in [2.75, 3.05) is 12.4 Å². The molecule has 0 saturated carbocycles. The Kier molecular flexibility index (Phi) is 4.17. The minimum Gasteiger partial charge on any atom is -0.465 e. The number of esters is 1. The number of alkyl halides is 3. The molecule has 2 heterocycles. The number of methoxy groups -OCH3 is 1. The van der Waals surface area contributed by atoms with E-state index in [0.29, 0.717) is 22.4 Å². The van der Waals surface area contributed by atoms with E-state index < -0.39 is 23.7 Å². The summed E-state index contributed by atoms with van der Waals surface area (Å²) < 4.78 is 42.4. The van der Waals surface area contributed by atoms with E-state index in [2.05, 4.69) is 25.0 Å². The third-order valence-corrected chi connectivity index (χ3v) is 4.04. The second kappa shape index (κ2) is 6.16. The maximum Gasteiger partial charge on any atom is 0.434 e. The Morgan fingerprint density at radius 2 is 2.08 bits per heavy atom. The normalized spacial score (nSPS) is 11.5. The zero-order valence-corrected chi connectivity index (χ0v) is 13.3. The van der Waals surface area contributed by atoms with Crippen molar-refractivity contribution < 1.29 is 27.5 Å². The van der Waals surface area contributed by atoms with Crippen LogP contribution in [0.5, 0.6) is 0 Å². The second-order valence-corrected chi connectivity index (χ2v) is 5.66. The van der Waals surface area contributed by atoms with Gasteiger partial charge in [0.15, 0.2) is 10.7 Å². The number of anilines is 1. The third-order valence-electron chi connectivity index (χ3n) is 3.20. The van der Waals surface area contributed by atoms with E-state index in [1.165, 1.54) is 25.6 Å². The summed E-state index contributed by atoms with van der Waals surface area (Å²) in [5.74, 6) is -1.59. The zero-order valence-electron chi connectivity index (χ0n) is 12.5. The topological polar surface area (TPSA) is 97.0 Å². The number of carbonyl (C=O) groups excluding carboxylic acids is 2. The minimum atomic E-state index is -4.64. The molecule has 0 radical (unpaired) electrons. The predicted octanol–water partition coefficient (Wildman–Crippen LogP) is 3.08. The van der Waals surface area contributed by atoms with Gasteiger partial charge in [-0.05, 0) is 12.1 Å². The summed E-state index contributed by atoms with van der Waals surface area (Å²) in [6.45, 7) is 0. The molecule has 0 aliphatic carbocycles. The molecule has 25 heavy (non-hydrogen) atoms. The first kappa shape index (κ1) is 16.9. The van der Waals surface area contributed by atoms with E-state index in [9.17, 15) is 22.8 Å². The molecule has 0 atom stereocenters. The Morgan fingerprint density at radius 3 is 2.72 bits per heavy atom. The molecule has 2 N–H and O–H groups in total. The number of ether oxygens (including phenoxy) is 1. The third kappa shape index (κ3) is 3.31. The molecular formula is C14H9F3N4O3S. The quantitative estimate of drug-likeness (QED) is 0.691. The number of aromatic nitrogens is 3. The number of fused-ring (bicyclic) bond motifs is 1. The van der Waals surface area contributed by atoms with E-state index >= 15 is 0 Å². The van der Waals surface area contributed by atoms with E-state index in [4.69, 9.17) is 0 Å². The van der Waals surface area contributed by atoms with Crippen LogP contribution in [0.1, 0.15) is 25.9 Å². The van der Waals surface area contributed by atoms with Crippen molar-refractivity contribution in [1.29, 1.82) is 0 Å². The molecule has 11 heteroatoms. The van der Waals surface area contributed by atoms with Gasteiger partial charge in [-0.1, -0.05) is 0 Å². The number of thiazole rings is 1. The summed E-state index contributed by atoms with van der Waals surface area (Å²) in [6.07, 6.45) is -3.24. The molecule has 130 valence electrons. The van der Waals surface area contributed by atoms with E-state index in [1.807, 2.05) is 0 Å². The van der Waals surface area contributed by atoms with Crippen molar-refractivity contribution in [2.45, 2.75) is 6.18 Å². The number of nitrogens with zero attached hydrogens (tertiary/aromatic N) is 2. The second-order valence-electron chi connectivity index (χ2n) is 4.80. The number of H-pyrrole nitrogens is 1. The summed E-state index contributed by atoms with van der Waals surface area (Å²) in [7, 11) is 1.17. The first-order valence-corrected chi connectivity index (χ1v) is 7.57. The molecular weight excluding hydrogens is 361 g/mol. The van der Waals surface area contributed by atoms with Crippen LogP contribution in [-0.4, -0.2) is 33.9 Å². The number of nitrogens with one attached hydrogen (secondary N) is 2. The standard InChI is InChI=1S/C14H9F3N4O3S/c1-24-13(23)6-2-8-9(19-5-18-8)3-7(6)20-11(22)12-21-10(4-25-12)14(15,16)17/h2-5H,1H3,(H,18,19)(H,20,22). The average molecular weight is 370 g/mol. The van der Waals surface area contributed by atoms with Crippen molar-refractivity contribution >= 4 is 39.9 Å². The van der Waals surface area contributed by atoms with Crippen LogP contribution in [0.2, 0.25) is 0 Å². The molecule has 1 aromatic carbocycles. The number of imidazole rings is 1. The monoisotopic (exact) mass is 370 g/mol. The molecule has 2 aromatic heterocycles. The predicted molar refractivity (Wildman–Crippen MR) is 82.5 cm³/mol. The number of amides is 1. The lowest BCUT2D eigenvalue weighted by molar-refractivity contribution is -0.140. The lowest BCUT2D eigenvalue weighted by Crippen LogP contribution is -2.16. The minimum absolute atomic E-state index is 0.0280. The summed E-state index contributed by atoms with van der Waals surface area (Å²) in [4.78, 5) is 34.1. The van der Waals surface area contributed by atoms with Gasteiger partial charge in [0.05, 0.1) is 35.7 Å². The highest BCUT2D eigenvalue weighted by Gasteiger charge is 2.34. The van der Waals surface area contributed by atoms with Crippen LogP contribution in [-0.2, 0) is 10.9 Å². The highest BCUT2D eigenvalue weighted by Crippen LogP contribution is 2.30. The Morgan fingerprint density at radius 1 is 1.32 bits per heavy atom. The number of aromatic amines is 1. The highest BCUT2D eigenvalue weighted by molar-refractivity contribution is 7.11. The van der Waals surface area contributed by atoms with Gasteiger partial charge in [0.25, 0.3) is 5.91 Å². The fourth-order valence-corrected chi connectivity index (χ4v) is 2.77. The van der Waals surface area contributed by atoms with Gasteiger partial charge in [-0.3, -0.25) is 4.79 Å². The van der Waals surface area contributed by atoms with Crippen LogP contribution in [0, 0.1) is 0 Å². The number of carbonyl (C=O) groups is 2. The van der Waals surface area contributed by atoms with Crippen molar-refractivity contribution in [3.05, 3.63) is 40.1 Å². The molecule has 1 amide bonds. The number of rotatable bonds is 3. The molecule has 0 spiro atoms. The Hall–Kier alpha value is -2.95. The number of hydrogen-bond donors (Lipinski definition) is 2. The van der Waals surface area contributed by atoms with Gasteiger partial charge in [-0.2, -0.15) is 13.2 Å². The summed E-state index contributed by atoms with van der Waals surface area (Å²) in [5.41, 5.74) is -0.0796. The van der Waals surface area contributed by atoms with E-state index in [0.717, 1.165) is 5.38 Å². The summed E-state index contributed by atoms with van der Waals surface area (Å²) in [5, 5.41) is 2.73. The fraction of sp³-hybridized carbons (Fsp3) is 0.143. The Balaban J connectivity index is 1.94. The van der Waals surface area contributed by atoms with E-state index in [-0.39, 0.29) is 16.3 Å². The van der Waals surface area contributed by atoms with Gasteiger partial charge >= 0.3 is 12.1 Å². The molecule has 0 bridgehead atoms. The first-order valence-electron chi connectivity index (χ1n) is 6.69. The molecule has 0 saturated heterocycles. The molecule has 3 aromatic rings. The summed E-state index contributed by atoms with van der Waals surface area (Å²) in [6, 6.07) is 2.83. The number of halogens is 3. The molecule has 0 aliphatic rings. The van der Waals surface area contributed by atoms with Gasteiger partial charge in [0.2, 0.25) is 0 Å². The summed E-state index contributed by atoms with van der Waals surface area (Å²) >= 11 is 0.548. The number of benzene rings is 1. The fourth-order valence-electron chi connectivity index (χ4n) is 2.05. The van der Waals surface area contributed by atoms with Crippen molar-refractivity contribution in [1.82, 2.24) is 15.0 Å². The van der Waals surface area contributed by atoms with Gasteiger partial charge in [0, 0.05) is 5.38 Å².